The van der Waals surface area contributed by atoms with Gasteiger partial charge in [0.25, 0.3) is 0 Å². The Bertz CT molecular complexity index is 1000. The number of aromatic nitrogens is 2. The SMILES string of the molecule is COc1ccc2c([nH]c3c(C)nccc32)c1C#CC1(O)CCCCC1. The zero-order chi connectivity index (χ0) is 17.4. The van der Waals surface area contributed by atoms with E-state index in [1.54, 1.807) is 7.11 Å². The summed E-state index contributed by atoms with van der Waals surface area (Å²) in [6.45, 7) is 1.99. The van der Waals surface area contributed by atoms with Crippen molar-refractivity contribution in [2.24, 2.45) is 0 Å². The Balaban J connectivity index is 1.92. The van der Waals surface area contributed by atoms with Crippen molar-refractivity contribution >= 4 is 21.8 Å². The van der Waals surface area contributed by atoms with Gasteiger partial charge in [0.2, 0.25) is 0 Å². The summed E-state index contributed by atoms with van der Waals surface area (Å²) in [7, 11) is 1.65. The summed E-state index contributed by atoms with van der Waals surface area (Å²) >= 11 is 0. The maximum Gasteiger partial charge on any atom is 0.136 e. The van der Waals surface area contributed by atoms with Crippen molar-refractivity contribution in [3.63, 3.8) is 0 Å². The Hall–Kier alpha value is -2.51. The van der Waals surface area contributed by atoms with E-state index in [0.29, 0.717) is 0 Å². The lowest BCUT2D eigenvalue weighted by Gasteiger charge is -2.26. The Kier molecular flexibility index (Phi) is 3.89. The van der Waals surface area contributed by atoms with Crippen LogP contribution in [0.4, 0.5) is 0 Å². The van der Waals surface area contributed by atoms with Crippen molar-refractivity contribution in [2.45, 2.75) is 44.6 Å². The van der Waals surface area contributed by atoms with Crippen LogP contribution in [0.3, 0.4) is 0 Å². The Morgan fingerprint density at radius 3 is 2.64 bits per heavy atom. The number of aryl methyl sites for hydroxylation is 1. The van der Waals surface area contributed by atoms with Crippen LogP contribution in [0.15, 0.2) is 24.4 Å². The number of benzene rings is 1. The first-order valence-electron chi connectivity index (χ1n) is 8.81. The number of hydrogen-bond acceptors (Lipinski definition) is 3. The van der Waals surface area contributed by atoms with E-state index in [1.165, 1.54) is 6.42 Å². The molecule has 0 aliphatic heterocycles. The van der Waals surface area contributed by atoms with Crippen molar-refractivity contribution in [3.05, 3.63) is 35.7 Å². The lowest BCUT2D eigenvalue weighted by Crippen LogP contribution is -2.29. The van der Waals surface area contributed by atoms with Crippen LogP contribution in [0.5, 0.6) is 5.75 Å². The number of nitrogens with zero attached hydrogens (tertiary/aromatic N) is 1. The average Bonchev–Trinajstić information content (AvgIpc) is 3.00. The van der Waals surface area contributed by atoms with Crippen LogP contribution in [0.25, 0.3) is 21.8 Å². The van der Waals surface area contributed by atoms with Crippen LogP contribution < -0.4 is 4.74 Å². The number of H-pyrrole nitrogens is 1. The molecule has 2 N–H and O–H groups in total. The molecule has 1 fully saturated rings. The summed E-state index contributed by atoms with van der Waals surface area (Å²) in [6.07, 6.45) is 6.55. The fourth-order valence-electron chi connectivity index (χ4n) is 3.75. The number of aromatic amines is 1. The maximum absolute atomic E-state index is 10.7. The largest absolute Gasteiger partial charge is 0.495 e. The minimum atomic E-state index is -0.880. The van der Waals surface area contributed by atoms with Crippen LogP contribution in [-0.2, 0) is 0 Å². The zero-order valence-corrected chi connectivity index (χ0v) is 14.6. The molecule has 1 saturated carbocycles. The highest BCUT2D eigenvalue weighted by atomic mass is 16.5. The zero-order valence-electron chi connectivity index (χ0n) is 14.6. The van der Waals surface area contributed by atoms with E-state index in [-0.39, 0.29) is 0 Å². The monoisotopic (exact) mass is 334 g/mol. The number of fused-ring (bicyclic) bond motifs is 3. The van der Waals surface area contributed by atoms with E-state index in [9.17, 15) is 5.11 Å². The third kappa shape index (κ3) is 2.75. The van der Waals surface area contributed by atoms with Crippen LogP contribution in [0.1, 0.15) is 43.4 Å². The van der Waals surface area contributed by atoms with Gasteiger partial charge in [0.05, 0.1) is 29.4 Å². The number of pyridine rings is 1. The van der Waals surface area contributed by atoms with Gasteiger partial charge >= 0.3 is 0 Å². The van der Waals surface area contributed by atoms with E-state index in [4.69, 9.17) is 4.74 Å². The topological polar surface area (TPSA) is 58.1 Å². The summed E-state index contributed by atoms with van der Waals surface area (Å²) in [5.41, 5.74) is 2.84. The minimum absolute atomic E-state index is 0.719. The second-order valence-electron chi connectivity index (χ2n) is 6.85. The molecule has 2 heterocycles. The summed E-state index contributed by atoms with van der Waals surface area (Å²) < 4.78 is 5.53. The summed E-state index contributed by atoms with van der Waals surface area (Å²) in [5.74, 6) is 7.07. The van der Waals surface area contributed by atoms with E-state index >= 15 is 0 Å². The van der Waals surface area contributed by atoms with E-state index in [1.807, 2.05) is 31.3 Å². The predicted octanol–water partition coefficient (Wildman–Crippen LogP) is 4.08. The second kappa shape index (κ2) is 6.09. The molecule has 1 aromatic carbocycles. The Morgan fingerprint density at radius 1 is 1.12 bits per heavy atom. The average molecular weight is 334 g/mol. The molecule has 25 heavy (non-hydrogen) atoms. The van der Waals surface area contributed by atoms with Gasteiger partial charge in [-0.2, -0.15) is 0 Å². The van der Waals surface area contributed by atoms with E-state index in [2.05, 4.69) is 21.8 Å². The van der Waals surface area contributed by atoms with Crippen LogP contribution in [-0.4, -0.2) is 27.8 Å². The number of nitrogens with one attached hydrogen (secondary N) is 1. The molecule has 128 valence electrons. The van der Waals surface area contributed by atoms with Gasteiger partial charge in [-0.15, -0.1) is 0 Å². The number of ether oxygens (including phenoxy) is 1. The first kappa shape index (κ1) is 16.0. The lowest BCUT2D eigenvalue weighted by atomic mass is 9.85. The fourth-order valence-corrected chi connectivity index (χ4v) is 3.75. The molecule has 0 atom stereocenters. The molecule has 0 spiro atoms. The highest BCUT2D eigenvalue weighted by molar-refractivity contribution is 6.10. The Morgan fingerprint density at radius 2 is 1.88 bits per heavy atom. The molecular weight excluding hydrogens is 312 g/mol. The van der Waals surface area contributed by atoms with Gasteiger partial charge in [-0.05, 0) is 50.8 Å². The smallest absolute Gasteiger partial charge is 0.136 e. The van der Waals surface area contributed by atoms with Gasteiger partial charge in [0.1, 0.15) is 11.4 Å². The number of methoxy groups -OCH3 is 1. The molecule has 0 amide bonds. The normalized spacial score (nSPS) is 16.6. The molecule has 4 rings (SSSR count). The predicted molar refractivity (Wildman–Crippen MR) is 99.8 cm³/mol. The molecule has 2 aromatic heterocycles. The van der Waals surface area contributed by atoms with E-state index in [0.717, 1.165) is 64.5 Å². The number of rotatable bonds is 1. The minimum Gasteiger partial charge on any atom is -0.495 e. The molecule has 0 saturated heterocycles. The van der Waals surface area contributed by atoms with Gasteiger partial charge in [0, 0.05) is 17.0 Å². The molecule has 1 aliphatic rings. The molecule has 3 aromatic rings. The van der Waals surface area contributed by atoms with Crippen molar-refractivity contribution in [1.82, 2.24) is 9.97 Å². The van der Waals surface area contributed by atoms with Gasteiger partial charge in [-0.3, -0.25) is 4.98 Å². The van der Waals surface area contributed by atoms with Crippen LogP contribution in [0.2, 0.25) is 0 Å². The molecule has 1 aliphatic carbocycles. The van der Waals surface area contributed by atoms with Gasteiger partial charge in [-0.1, -0.05) is 18.3 Å². The molecule has 4 nitrogen and oxygen atoms in total. The second-order valence-corrected chi connectivity index (χ2v) is 6.85. The summed E-state index contributed by atoms with van der Waals surface area (Å²) in [4.78, 5) is 7.83. The quantitative estimate of drug-likeness (QED) is 0.659. The van der Waals surface area contributed by atoms with Crippen LogP contribution >= 0.6 is 0 Å². The molecule has 4 heteroatoms. The molecular formula is C21H22N2O2. The summed E-state index contributed by atoms with van der Waals surface area (Å²) in [6, 6.07) is 6.01. The third-order valence-corrected chi connectivity index (χ3v) is 5.17. The Labute approximate surface area is 147 Å². The van der Waals surface area contributed by atoms with Gasteiger partial charge in [-0.25, -0.2) is 0 Å². The molecule has 0 unspecified atom stereocenters. The van der Waals surface area contributed by atoms with Crippen molar-refractivity contribution in [1.29, 1.82) is 0 Å². The highest BCUT2D eigenvalue weighted by Crippen LogP contribution is 2.34. The maximum atomic E-state index is 10.7. The number of hydrogen-bond donors (Lipinski definition) is 2. The summed E-state index contributed by atoms with van der Waals surface area (Å²) in [5, 5.41) is 12.9. The lowest BCUT2D eigenvalue weighted by molar-refractivity contribution is 0.0610. The standard InChI is InChI=1S/C21H22N2O2/c1-14-19-16(9-13-22-14)15-6-7-18(25-2)17(20(15)23-19)8-12-21(24)10-4-3-5-11-21/h6-7,9,13,23-24H,3-5,10-11H2,1-2H3. The molecule has 0 bridgehead atoms. The van der Waals surface area contributed by atoms with Crippen molar-refractivity contribution in [2.75, 3.05) is 7.11 Å². The van der Waals surface area contributed by atoms with Crippen molar-refractivity contribution in [3.8, 4) is 17.6 Å². The molecule has 0 radical (unpaired) electrons. The van der Waals surface area contributed by atoms with E-state index < -0.39 is 5.60 Å². The van der Waals surface area contributed by atoms with Gasteiger partial charge < -0.3 is 14.8 Å². The third-order valence-electron chi connectivity index (χ3n) is 5.17. The highest BCUT2D eigenvalue weighted by Gasteiger charge is 2.26. The number of aliphatic hydroxyl groups is 1. The van der Waals surface area contributed by atoms with Gasteiger partial charge in [0.15, 0.2) is 0 Å². The first-order chi connectivity index (χ1) is 12.1. The van der Waals surface area contributed by atoms with Crippen molar-refractivity contribution < 1.29 is 9.84 Å². The first-order valence-corrected chi connectivity index (χ1v) is 8.81. The fraction of sp³-hybridized carbons (Fsp3) is 0.381. The van der Waals surface area contributed by atoms with Crippen LogP contribution in [0, 0.1) is 18.8 Å².